The van der Waals surface area contributed by atoms with Crippen LogP contribution in [0.25, 0.3) is 11.0 Å². The number of amides is 2. The van der Waals surface area contributed by atoms with Gasteiger partial charge in [-0.1, -0.05) is 50.6 Å². The summed E-state index contributed by atoms with van der Waals surface area (Å²) < 4.78 is 11.3. The zero-order valence-corrected chi connectivity index (χ0v) is 21.4. The van der Waals surface area contributed by atoms with Gasteiger partial charge in [0.05, 0.1) is 6.54 Å². The Morgan fingerprint density at radius 3 is 2.38 bits per heavy atom. The number of rotatable bonds is 11. The summed E-state index contributed by atoms with van der Waals surface area (Å²) in [6, 6.07) is 12.1. The molecule has 0 aliphatic carbocycles. The van der Waals surface area contributed by atoms with Crippen LogP contribution in [0.2, 0.25) is 0 Å². The third kappa shape index (κ3) is 6.75. The lowest BCUT2D eigenvalue weighted by molar-refractivity contribution is -0.143. The average molecular weight is 509 g/mol. The summed E-state index contributed by atoms with van der Waals surface area (Å²) in [4.78, 5) is 48.4. The van der Waals surface area contributed by atoms with Crippen molar-refractivity contribution in [2.75, 3.05) is 13.2 Å². The quantitative estimate of drug-likeness (QED) is 0.339. The van der Waals surface area contributed by atoms with Crippen LogP contribution in [-0.2, 0) is 20.8 Å². The van der Waals surface area contributed by atoms with E-state index in [0.29, 0.717) is 35.3 Å². The van der Waals surface area contributed by atoms with Crippen molar-refractivity contribution in [1.29, 1.82) is 0 Å². The molecule has 2 amide bonds. The Balaban J connectivity index is 1.65. The number of benzene rings is 2. The molecule has 1 aromatic heterocycles. The van der Waals surface area contributed by atoms with Crippen molar-refractivity contribution in [2.24, 2.45) is 5.92 Å². The fourth-order valence-electron chi connectivity index (χ4n) is 4.01. The molecule has 1 heterocycles. The van der Waals surface area contributed by atoms with Crippen LogP contribution in [0.15, 0.2) is 51.7 Å². The number of carbonyl (C=O) groups is 3. The lowest BCUT2D eigenvalue weighted by atomic mass is 9.98. The Kier molecular flexibility index (Phi) is 9.05. The number of carboxylic acid groups (broad SMARTS) is 1. The molecule has 0 fully saturated rings. The van der Waals surface area contributed by atoms with Crippen LogP contribution < -0.4 is 21.0 Å². The Labute approximate surface area is 214 Å². The van der Waals surface area contributed by atoms with E-state index in [1.165, 1.54) is 0 Å². The normalized spacial score (nSPS) is 12.5. The van der Waals surface area contributed by atoms with Crippen LogP contribution in [0, 0.1) is 19.8 Å². The average Bonchev–Trinajstić information content (AvgIpc) is 2.88. The van der Waals surface area contributed by atoms with Gasteiger partial charge in [-0.3, -0.25) is 9.59 Å². The Morgan fingerprint density at radius 1 is 1.03 bits per heavy atom. The summed E-state index contributed by atoms with van der Waals surface area (Å²) in [5.74, 6) is -2.17. The Hall–Kier alpha value is -4.14. The van der Waals surface area contributed by atoms with Crippen molar-refractivity contribution >= 4 is 28.8 Å². The zero-order valence-electron chi connectivity index (χ0n) is 21.4. The molecule has 196 valence electrons. The molecular weight excluding hydrogens is 476 g/mol. The van der Waals surface area contributed by atoms with E-state index in [0.717, 1.165) is 16.5 Å². The van der Waals surface area contributed by atoms with E-state index in [-0.39, 0.29) is 19.1 Å². The second-order valence-electron chi connectivity index (χ2n) is 9.06. The molecule has 0 radical (unpaired) electrons. The molecule has 2 aromatic carbocycles. The number of hydrogen-bond donors (Lipinski definition) is 3. The van der Waals surface area contributed by atoms with Gasteiger partial charge in [-0.2, -0.15) is 0 Å². The van der Waals surface area contributed by atoms with Gasteiger partial charge >= 0.3 is 11.6 Å². The molecule has 3 aromatic rings. The number of hydrogen-bond acceptors (Lipinski definition) is 6. The Bertz CT molecular complexity index is 1350. The van der Waals surface area contributed by atoms with Gasteiger partial charge in [0.1, 0.15) is 17.4 Å². The molecule has 0 saturated heterocycles. The summed E-state index contributed by atoms with van der Waals surface area (Å²) in [5.41, 5.74) is 2.96. The highest BCUT2D eigenvalue weighted by Crippen LogP contribution is 2.30. The molecule has 0 bridgehead atoms. The first-order valence-corrected chi connectivity index (χ1v) is 12.1. The highest BCUT2D eigenvalue weighted by molar-refractivity contribution is 5.89. The highest BCUT2D eigenvalue weighted by atomic mass is 16.5. The van der Waals surface area contributed by atoms with E-state index in [4.69, 9.17) is 9.15 Å². The minimum Gasteiger partial charge on any atom is -0.483 e. The molecule has 2 atom stereocenters. The van der Waals surface area contributed by atoms with Crippen molar-refractivity contribution in [1.82, 2.24) is 10.6 Å². The van der Waals surface area contributed by atoms with E-state index >= 15 is 0 Å². The third-order valence-corrected chi connectivity index (χ3v) is 6.48. The molecule has 9 heteroatoms. The van der Waals surface area contributed by atoms with Gasteiger partial charge in [-0.15, -0.1) is 0 Å². The number of aliphatic carboxylic acids is 1. The van der Waals surface area contributed by atoms with Crippen LogP contribution >= 0.6 is 0 Å². The van der Waals surface area contributed by atoms with Gasteiger partial charge in [0, 0.05) is 22.9 Å². The Morgan fingerprint density at radius 2 is 1.73 bits per heavy atom. The molecule has 3 N–H and O–H groups in total. The minimum absolute atomic E-state index is 0.255. The van der Waals surface area contributed by atoms with E-state index in [9.17, 15) is 24.3 Å². The molecule has 2 unspecified atom stereocenters. The van der Waals surface area contributed by atoms with E-state index in [1.807, 2.05) is 44.2 Å². The first-order chi connectivity index (χ1) is 17.6. The maximum Gasteiger partial charge on any atom is 0.340 e. The smallest absolute Gasteiger partial charge is 0.340 e. The first-order valence-electron chi connectivity index (χ1n) is 12.1. The lowest BCUT2D eigenvalue weighted by Crippen LogP contribution is -2.48. The van der Waals surface area contributed by atoms with Crippen molar-refractivity contribution in [3.63, 3.8) is 0 Å². The molecule has 9 nitrogen and oxygen atoms in total. The summed E-state index contributed by atoms with van der Waals surface area (Å²) in [5, 5.41) is 14.9. The van der Waals surface area contributed by atoms with Gasteiger partial charge in [0.15, 0.2) is 6.61 Å². The van der Waals surface area contributed by atoms with Gasteiger partial charge in [0.2, 0.25) is 5.91 Å². The molecule has 0 aliphatic heterocycles. The van der Waals surface area contributed by atoms with E-state index in [2.05, 4.69) is 10.6 Å². The number of fused-ring (bicyclic) bond motifs is 1. The number of carbonyl (C=O) groups excluding carboxylic acids is 2. The second-order valence-corrected chi connectivity index (χ2v) is 9.06. The molecule has 0 spiro atoms. The van der Waals surface area contributed by atoms with Crippen LogP contribution in [0.5, 0.6) is 5.75 Å². The monoisotopic (exact) mass is 508 g/mol. The van der Waals surface area contributed by atoms with Gasteiger partial charge < -0.3 is 24.9 Å². The first kappa shape index (κ1) is 27.4. The van der Waals surface area contributed by atoms with E-state index < -0.39 is 29.5 Å². The van der Waals surface area contributed by atoms with Crippen molar-refractivity contribution in [2.45, 2.75) is 46.6 Å². The topological polar surface area (TPSA) is 135 Å². The number of ether oxygens (including phenoxy) is 1. The van der Waals surface area contributed by atoms with Gasteiger partial charge in [-0.25, -0.2) is 9.59 Å². The summed E-state index contributed by atoms with van der Waals surface area (Å²) in [7, 11) is 0. The predicted octanol–water partition coefficient (Wildman–Crippen LogP) is 3.11. The number of carboxylic acids is 1. The van der Waals surface area contributed by atoms with E-state index in [1.54, 1.807) is 26.0 Å². The number of aryl methyl sites for hydroxylation is 2. The maximum absolute atomic E-state index is 12.8. The lowest BCUT2D eigenvalue weighted by Gasteiger charge is -2.20. The molecular formula is C28H32N2O7. The van der Waals surface area contributed by atoms with Crippen molar-refractivity contribution in [3.05, 3.63) is 75.1 Å². The van der Waals surface area contributed by atoms with Gasteiger partial charge in [-0.05, 0) is 43.0 Å². The summed E-state index contributed by atoms with van der Waals surface area (Å²) in [6.45, 7) is 6.43. The molecule has 0 aliphatic rings. The largest absolute Gasteiger partial charge is 0.483 e. The summed E-state index contributed by atoms with van der Waals surface area (Å²) in [6.07, 6.45) is 1.04. The maximum atomic E-state index is 12.8. The summed E-state index contributed by atoms with van der Waals surface area (Å²) >= 11 is 0. The van der Waals surface area contributed by atoms with Crippen molar-refractivity contribution in [3.8, 4) is 5.75 Å². The molecule has 3 rings (SSSR count). The van der Waals surface area contributed by atoms with Crippen LogP contribution in [-0.4, -0.2) is 42.1 Å². The highest BCUT2D eigenvalue weighted by Gasteiger charge is 2.25. The SMILES string of the molecule is CCC(C)C(NC(=O)CNC(=O)COc1ccc2c(C)c(Cc3ccccc3)c(=O)oc2c1C)C(=O)O. The predicted molar refractivity (Wildman–Crippen MR) is 139 cm³/mol. The molecule has 0 saturated carbocycles. The van der Waals surface area contributed by atoms with Crippen LogP contribution in [0.4, 0.5) is 0 Å². The molecule has 37 heavy (non-hydrogen) atoms. The standard InChI is InChI=1S/C28H32N2O7/c1-5-16(2)25(27(33)34)30-23(31)14-29-24(32)15-36-22-12-11-20-17(3)21(13-19-9-7-6-8-10-19)28(35)37-26(20)18(22)4/h6-12,16,25H,5,13-15H2,1-4H3,(H,29,32)(H,30,31)(H,33,34). The second kappa shape index (κ2) is 12.2. The fourth-order valence-corrected chi connectivity index (χ4v) is 4.01. The van der Waals surface area contributed by atoms with Crippen LogP contribution in [0.3, 0.4) is 0 Å². The zero-order chi connectivity index (χ0) is 27.1. The van der Waals surface area contributed by atoms with Crippen LogP contribution in [0.1, 0.15) is 42.5 Å². The minimum atomic E-state index is -1.13. The van der Waals surface area contributed by atoms with Gasteiger partial charge in [0.25, 0.3) is 5.91 Å². The van der Waals surface area contributed by atoms with Crippen molar-refractivity contribution < 1.29 is 28.6 Å². The number of nitrogens with one attached hydrogen (secondary N) is 2. The fraction of sp³-hybridized carbons (Fsp3) is 0.357. The third-order valence-electron chi connectivity index (χ3n) is 6.48.